The molecular weight excluding hydrogens is 320 g/mol. The lowest BCUT2D eigenvalue weighted by Crippen LogP contribution is -2.29. The van der Waals surface area contributed by atoms with Crippen LogP contribution < -0.4 is 4.90 Å². The van der Waals surface area contributed by atoms with Crippen molar-refractivity contribution >= 4 is 22.9 Å². The van der Waals surface area contributed by atoms with Crippen molar-refractivity contribution in [2.45, 2.75) is 13.1 Å². The number of nitrogens with zero attached hydrogens (tertiary/aromatic N) is 2. The fourth-order valence-electron chi connectivity index (χ4n) is 2.48. The van der Waals surface area contributed by atoms with Crippen LogP contribution in [0, 0.1) is 0 Å². The summed E-state index contributed by atoms with van der Waals surface area (Å²) in [5.74, 6) is 0.784. The first-order valence-corrected chi connectivity index (χ1v) is 8.68. The summed E-state index contributed by atoms with van der Waals surface area (Å²) in [6.45, 7) is 1.02. The Morgan fingerprint density at radius 3 is 2.46 bits per heavy atom. The Morgan fingerprint density at radius 1 is 1.08 bits per heavy atom. The van der Waals surface area contributed by atoms with Gasteiger partial charge in [0.15, 0.2) is 0 Å². The molecule has 0 spiro atoms. The van der Waals surface area contributed by atoms with Crippen LogP contribution in [0.3, 0.4) is 0 Å². The van der Waals surface area contributed by atoms with Gasteiger partial charge in [-0.25, -0.2) is 0 Å². The van der Waals surface area contributed by atoms with E-state index in [1.807, 2.05) is 71.7 Å². The molecule has 3 aromatic rings. The van der Waals surface area contributed by atoms with Gasteiger partial charge in [-0.3, -0.25) is 4.79 Å². The highest BCUT2D eigenvalue weighted by molar-refractivity contribution is 7.07. The van der Waals surface area contributed by atoms with Crippen LogP contribution in [0.1, 0.15) is 21.7 Å². The summed E-state index contributed by atoms with van der Waals surface area (Å²) >= 11 is 1.64. The molecule has 124 valence electrons. The summed E-state index contributed by atoms with van der Waals surface area (Å²) in [5.41, 5.74) is 2.88. The van der Waals surface area contributed by atoms with Gasteiger partial charge in [-0.1, -0.05) is 0 Å². The molecule has 0 bridgehead atoms. The molecule has 2 aromatic heterocycles. The molecule has 0 aliphatic rings. The fourth-order valence-corrected chi connectivity index (χ4v) is 3.14. The van der Waals surface area contributed by atoms with E-state index in [4.69, 9.17) is 4.42 Å². The fraction of sp³-hybridized carbons (Fsp3) is 0.211. The number of rotatable bonds is 6. The van der Waals surface area contributed by atoms with Crippen LogP contribution in [0.2, 0.25) is 0 Å². The zero-order valence-electron chi connectivity index (χ0n) is 13.8. The van der Waals surface area contributed by atoms with Gasteiger partial charge in [0.2, 0.25) is 0 Å². The number of hydrogen-bond acceptors (Lipinski definition) is 4. The first-order valence-electron chi connectivity index (χ1n) is 7.73. The summed E-state index contributed by atoms with van der Waals surface area (Å²) < 4.78 is 5.42. The molecular formula is C19H20N2O2S. The Morgan fingerprint density at radius 2 is 1.88 bits per heavy atom. The van der Waals surface area contributed by atoms with Crippen molar-refractivity contribution < 1.29 is 9.21 Å². The Balaban J connectivity index is 1.81. The summed E-state index contributed by atoms with van der Waals surface area (Å²) in [6.07, 6.45) is 1.63. The number of anilines is 1. The van der Waals surface area contributed by atoms with Crippen molar-refractivity contribution in [1.82, 2.24) is 4.90 Å². The standard InChI is InChI=1S/C19H20N2O2S/c1-20(2)17-7-5-16(6-8-17)19(22)21(12-15-9-11-24-14-15)13-18-4-3-10-23-18/h3-11,14H,12-13H2,1-2H3. The second kappa shape index (κ2) is 7.36. The van der Waals surface area contributed by atoms with Crippen LogP contribution in [0.4, 0.5) is 5.69 Å². The number of carbonyl (C=O) groups is 1. The number of amides is 1. The Hall–Kier alpha value is -2.53. The first-order chi connectivity index (χ1) is 11.6. The average Bonchev–Trinajstić information content (AvgIpc) is 3.27. The second-order valence-corrected chi connectivity index (χ2v) is 6.59. The molecule has 0 unspecified atom stereocenters. The molecule has 0 radical (unpaired) electrons. The van der Waals surface area contributed by atoms with Gasteiger partial charge in [0.1, 0.15) is 5.76 Å². The van der Waals surface area contributed by atoms with Crippen LogP contribution in [0.25, 0.3) is 0 Å². The van der Waals surface area contributed by atoms with Crippen LogP contribution in [0.15, 0.2) is 63.9 Å². The van der Waals surface area contributed by atoms with E-state index in [9.17, 15) is 4.79 Å². The van der Waals surface area contributed by atoms with E-state index >= 15 is 0 Å². The van der Waals surface area contributed by atoms with Crippen molar-refractivity contribution in [3.63, 3.8) is 0 Å². The maximum Gasteiger partial charge on any atom is 0.254 e. The zero-order chi connectivity index (χ0) is 16.9. The maximum atomic E-state index is 13.0. The van der Waals surface area contributed by atoms with Crippen molar-refractivity contribution in [2.24, 2.45) is 0 Å². The highest BCUT2D eigenvalue weighted by atomic mass is 32.1. The summed E-state index contributed by atoms with van der Waals surface area (Å²) in [7, 11) is 3.97. The molecule has 0 aliphatic heterocycles. The largest absolute Gasteiger partial charge is 0.467 e. The highest BCUT2D eigenvalue weighted by Gasteiger charge is 2.18. The highest BCUT2D eigenvalue weighted by Crippen LogP contribution is 2.18. The molecule has 0 aliphatic carbocycles. The first kappa shape index (κ1) is 16.3. The summed E-state index contributed by atoms with van der Waals surface area (Å²) in [6, 6.07) is 13.5. The molecule has 4 nitrogen and oxygen atoms in total. The predicted octanol–water partition coefficient (Wildman–Crippen LogP) is 4.25. The van der Waals surface area contributed by atoms with E-state index in [1.165, 1.54) is 0 Å². The van der Waals surface area contributed by atoms with Gasteiger partial charge < -0.3 is 14.2 Å². The Kier molecular flexibility index (Phi) is 5.01. The van der Waals surface area contributed by atoms with Gasteiger partial charge >= 0.3 is 0 Å². The molecule has 2 heterocycles. The molecule has 24 heavy (non-hydrogen) atoms. The number of hydrogen-bond donors (Lipinski definition) is 0. The zero-order valence-corrected chi connectivity index (χ0v) is 14.6. The Labute approximate surface area is 145 Å². The summed E-state index contributed by atoms with van der Waals surface area (Å²) in [5, 5.41) is 4.09. The van der Waals surface area contributed by atoms with Gasteiger partial charge in [0.25, 0.3) is 5.91 Å². The van der Waals surface area contributed by atoms with Crippen molar-refractivity contribution in [2.75, 3.05) is 19.0 Å². The smallest absolute Gasteiger partial charge is 0.254 e. The normalized spacial score (nSPS) is 10.6. The number of benzene rings is 1. The molecule has 0 N–H and O–H groups in total. The van der Waals surface area contributed by atoms with Gasteiger partial charge in [0, 0.05) is 31.9 Å². The van der Waals surface area contributed by atoms with Gasteiger partial charge in [-0.05, 0) is 58.8 Å². The predicted molar refractivity (Wildman–Crippen MR) is 97.4 cm³/mol. The van der Waals surface area contributed by atoms with E-state index in [-0.39, 0.29) is 5.91 Å². The Bertz CT molecular complexity index is 726. The quantitative estimate of drug-likeness (QED) is 0.673. The van der Waals surface area contributed by atoms with E-state index in [0.29, 0.717) is 18.7 Å². The average molecular weight is 340 g/mol. The van der Waals surface area contributed by atoms with Crippen molar-refractivity contribution in [3.05, 3.63) is 76.4 Å². The molecule has 0 saturated heterocycles. The monoisotopic (exact) mass is 340 g/mol. The van der Waals surface area contributed by atoms with Crippen LogP contribution in [0.5, 0.6) is 0 Å². The second-order valence-electron chi connectivity index (χ2n) is 5.81. The van der Waals surface area contributed by atoms with Crippen LogP contribution in [-0.4, -0.2) is 24.9 Å². The molecule has 1 amide bonds. The maximum absolute atomic E-state index is 13.0. The van der Waals surface area contributed by atoms with Crippen LogP contribution in [-0.2, 0) is 13.1 Å². The topological polar surface area (TPSA) is 36.7 Å². The minimum absolute atomic E-state index is 0.00269. The molecule has 0 fully saturated rings. The molecule has 1 aromatic carbocycles. The third kappa shape index (κ3) is 3.86. The number of carbonyl (C=O) groups excluding carboxylic acids is 1. The van der Waals surface area contributed by atoms with Gasteiger partial charge in [-0.2, -0.15) is 11.3 Å². The minimum Gasteiger partial charge on any atom is -0.467 e. The van der Waals surface area contributed by atoms with Gasteiger partial charge in [-0.15, -0.1) is 0 Å². The molecule has 0 saturated carbocycles. The van der Waals surface area contributed by atoms with Crippen LogP contribution >= 0.6 is 11.3 Å². The molecule has 3 rings (SSSR count). The number of thiophene rings is 1. The molecule has 5 heteroatoms. The third-order valence-corrected chi connectivity index (χ3v) is 4.53. The van der Waals surface area contributed by atoms with Crippen molar-refractivity contribution in [1.29, 1.82) is 0 Å². The SMILES string of the molecule is CN(C)c1ccc(C(=O)N(Cc2ccsc2)Cc2ccco2)cc1. The molecule has 0 atom stereocenters. The van der Waals surface area contributed by atoms with E-state index < -0.39 is 0 Å². The number of furan rings is 1. The van der Waals surface area contributed by atoms with E-state index in [0.717, 1.165) is 17.0 Å². The summed E-state index contributed by atoms with van der Waals surface area (Å²) in [4.78, 5) is 16.8. The van der Waals surface area contributed by atoms with Gasteiger partial charge in [0.05, 0.1) is 12.8 Å². The lowest BCUT2D eigenvalue weighted by molar-refractivity contribution is 0.0718. The van der Waals surface area contributed by atoms with Crippen molar-refractivity contribution in [3.8, 4) is 0 Å². The van der Waals surface area contributed by atoms with E-state index in [1.54, 1.807) is 17.6 Å². The minimum atomic E-state index is 0.00269. The lowest BCUT2D eigenvalue weighted by atomic mass is 10.1. The lowest BCUT2D eigenvalue weighted by Gasteiger charge is -2.22. The van der Waals surface area contributed by atoms with E-state index in [2.05, 4.69) is 5.38 Å². The third-order valence-electron chi connectivity index (χ3n) is 3.80.